The van der Waals surface area contributed by atoms with Crippen LogP contribution < -0.4 is 16.4 Å². The number of H-pyrrole nitrogens is 1. The van der Waals surface area contributed by atoms with Gasteiger partial charge in [0.2, 0.25) is 5.91 Å². The lowest BCUT2D eigenvalue weighted by molar-refractivity contribution is -0.120. The van der Waals surface area contributed by atoms with Crippen LogP contribution in [-0.2, 0) is 4.79 Å². The van der Waals surface area contributed by atoms with Gasteiger partial charge in [0, 0.05) is 17.6 Å². The molecule has 0 fully saturated rings. The number of aromatic amines is 1. The molecule has 0 spiro atoms. The smallest absolute Gasteiger partial charge is 0.272 e. The van der Waals surface area contributed by atoms with Gasteiger partial charge in [0.1, 0.15) is 0 Å². The monoisotopic (exact) mass is 275 g/mol. The van der Waals surface area contributed by atoms with Crippen molar-refractivity contribution in [3.05, 3.63) is 23.9 Å². The lowest BCUT2D eigenvalue weighted by atomic mass is 10.2. The number of hydrogen-bond donors (Lipinski definition) is 4. The van der Waals surface area contributed by atoms with E-state index in [2.05, 4.69) is 20.8 Å². The van der Waals surface area contributed by atoms with E-state index >= 15 is 0 Å². The minimum atomic E-state index is -0.409. The third-order valence-electron chi connectivity index (χ3n) is 2.78. The molecule has 2 rings (SSSR count). The van der Waals surface area contributed by atoms with Gasteiger partial charge in [-0.15, -0.1) is 0 Å². The molecule has 7 heteroatoms. The number of benzene rings is 1. The average molecular weight is 275 g/mol. The van der Waals surface area contributed by atoms with Gasteiger partial charge in [0.25, 0.3) is 5.91 Å². The summed E-state index contributed by atoms with van der Waals surface area (Å²) in [5.74, 6) is -0.631. The van der Waals surface area contributed by atoms with Crippen molar-refractivity contribution in [1.82, 2.24) is 20.8 Å². The van der Waals surface area contributed by atoms with Crippen molar-refractivity contribution >= 4 is 28.4 Å². The van der Waals surface area contributed by atoms with Crippen LogP contribution in [0.5, 0.6) is 0 Å². The van der Waals surface area contributed by atoms with E-state index in [1.165, 1.54) is 0 Å². The summed E-state index contributed by atoms with van der Waals surface area (Å²) in [5.41, 5.74) is 7.20. The number of nitrogens with zero attached hydrogens (tertiary/aromatic N) is 1. The third kappa shape index (κ3) is 3.05. The largest absolute Gasteiger partial charge is 0.399 e. The Morgan fingerprint density at radius 3 is 2.90 bits per heavy atom. The number of amides is 2. The molecule has 1 aromatic heterocycles. The van der Waals surface area contributed by atoms with E-state index in [1.807, 2.05) is 6.92 Å². The molecule has 0 unspecified atom stereocenters. The van der Waals surface area contributed by atoms with E-state index < -0.39 is 5.91 Å². The molecule has 7 nitrogen and oxygen atoms in total. The lowest BCUT2D eigenvalue weighted by Crippen LogP contribution is -2.37. The van der Waals surface area contributed by atoms with Crippen molar-refractivity contribution in [2.24, 2.45) is 0 Å². The van der Waals surface area contributed by atoms with Crippen LogP contribution in [0.2, 0.25) is 0 Å². The standard InChI is InChI=1S/C13H17N5O2/c1-2-5-15-11(19)7-16-13(20)12-9-6-8(14)3-4-10(9)17-18-12/h3-4,6H,2,5,7,14H2,1H3,(H,15,19)(H,16,20)(H,17,18). The first-order chi connectivity index (χ1) is 9.61. The number of nitrogens with one attached hydrogen (secondary N) is 3. The van der Waals surface area contributed by atoms with E-state index in [1.54, 1.807) is 18.2 Å². The number of rotatable bonds is 5. The molecule has 5 N–H and O–H groups in total. The second kappa shape index (κ2) is 6.05. The van der Waals surface area contributed by atoms with Crippen molar-refractivity contribution in [2.45, 2.75) is 13.3 Å². The van der Waals surface area contributed by atoms with E-state index in [0.717, 1.165) is 11.9 Å². The quantitative estimate of drug-likeness (QED) is 0.591. The normalized spacial score (nSPS) is 10.4. The highest BCUT2D eigenvalue weighted by Gasteiger charge is 2.14. The molecule has 0 aliphatic rings. The van der Waals surface area contributed by atoms with Crippen LogP contribution in [0, 0.1) is 0 Å². The number of carbonyl (C=O) groups is 2. The fourth-order valence-corrected chi connectivity index (χ4v) is 1.78. The molecule has 0 saturated heterocycles. The first-order valence-electron chi connectivity index (χ1n) is 6.40. The number of nitrogens with two attached hydrogens (primary N) is 1. The first-order valence-corrected chi connectivity index (χ1v) is 6.40. The van der Waals surface area contributed by atoms with Gasteiger partial charge < -0.3 is 16.4 Å². The number of aromatic nitrogens is 2. The zero-order valence-electron chi connectivity index (χ0n) is 11.2. The highest BCUT2D eigenvalue weighted by molar-refractivity contribution is 6.06. The summed E-state index contributed by atoms with van der Waals surface area (Å²) in [4.78, 5) is 23.4. The van der Waals surface area contributed by atoms with Crippen LogP contribution in [-0.4, -0.2) is 35.1 Å². The molecule has 2 amide bonds. The molecule has 0 radical (unpaired) electrons. The minimum Gasteiger partial charge on any atom is -0.399 e. The predicted octanol–water partition coefficient (Wildman–Crippen LogP) is 0.401. The van der Waals surface area contributed by atoms with Gasteiger partial charge in [-0.25, -0.2) is 0 Å². The maximum Gasteiger partial charge on any atom is 0.272 e. The van der Waals surface area contributed by atoms with Gasteiger partial charge in [-0.3, -0.25) is 14.7 Å². The average Bonchev–Trinajstić information content (AvgIpc) is 2.85. The van der Waals surface area contributed by atoms with Gasteiger partial charge in [-0.2, -0.15) is 5.10 Å². The molecule has 20 heavy (non-hydrogen) atoms. The molecule has 0 aliphatic carbocycles. The summed E-state index contributed by atoms with van der Waals surface area (Å²) in [7, 11) is 0. The Labute approximate surface area is 115 Å². The SMILES string of the molecule is CCCNC(=O)CNC(=O)c1n[nH]c2ccc(N)cc12. The van der Waals surface area contributed by atoms with E-state index in [-0.39, 0.29) is 18.1 Å². The second-order valence-corrected chi connectivity index (χ2v) is 4.41. The minimum absolute atomic E-state index is 0.0739. The Kier molecular flexibility index (Phi) is 4.19. The lowest BCUT2D eigenvalue weighted by Gasteiger charge is -2.04. The summed E-state index contributed by atoms with van der Waals surface area (Å²) in [6.07, 6.45) is 0.850. The van der Waals surface area contributed by atoms with Crippen molar-refractivity contribution in [2.75, 3.05) is 18.8 Å². The zero-order chi connectivity index (χ0) is 14.5. The second-order valence-electron chi connectivity index (χ2n) is 4.41. The molecule has 0 saturated carbocycles. The van der Waals surface area contributed by atoms with Crippen LogP contribution in [0.4, 0.5) is 5.69 Å². The summed E-state index contributed by atoms with van der Waals surface area (Å²) in [6, 6.07) is 5.15. The molecule has 0 atom stereocenters. The van der Waals surface area contributed by atoms with Crippen molar-refractivity contribution in [3.8, 4) is 0 Å². The molecular weight excluding hydrogens is 258 g/mol. The summed E-state index contributed by atoms with van der Waals surface area (Å²) in [6.45, 7) is 2.48. The Balaban J connectivity index is 2.04. The van der Waals surface area contributed by atoms with Crippen molar-refractivity contribution < 1.29 is 9.59 Å². The number of nitrogen functional groups attached to an aromatic ring is 1. The highest BCUT2D eigenvalue weighted by Crippen LogP contribution is 2.18. The van der Waals surface area contributed by atoms with Crippen LogP contribution in [0.1, 0.15) is 23.8 Å². The van der Waals surface area contributed by atoms with Crippen LogP contribution in [0.15, 0.2) is 18.2 Å². The number of anilines is 1. The first kappa shape index (κ1) is 13.9. The van der Waals surface area contributed by atoms with E-state index in [0.29, 0.717) is 17.6 Å². The fraction of sp³-hybridized carbons (Fsp3) is 0.308. The van der Waals surface area contributed by atoms with Crippen molar-refractivity contribution in [1.29, 1.82) is 0 Å². The van der Waals surface area contributed by atoms with Gasteiger partial charge in [-0.05, 0) is 24.6 Å². The van der Waals surface area contributed by atoms with Gasteiger partial charge in [-0.1, -0.05) is 6.92 Å². The maximum absolute atomic E-state index is 12.0. The Morgan fingerprint density at radius 1 is 1.35 bits per heavy atom. The Bertz CT molecular complexity index is 635. The Hall–Kier alpha value is -2.57. The topological polar surface area (TPSA) is 113 Å². The number of hydrogen-bond acceptors (Lipinski definition) is 4. The molecule has 2 aromatic rings. The summed E-state index contributed by atoms with van der Waals surface area (Å²) >= 11 is 0. The molecular formula is C13H17N5O2. The molecule has 1 heterocycles. The Morgan fingerprint density at radius 2 is 2.15 bits per heavy atom. The van der Waals surface area contributed by atoms with Gasteiger partial charge in [0.15, 0.2) is 5.69 Å². The van der Waals surface area contributed by atoms with E-state index in [4.69, 9.17) is 5.73 Å². The zero-order valence-corrected chi connectivity index (χ0v) is 11.2. The van der Waals surface area contributed by atoms with E-state index in [9.17, 15) is 9.59 Å². The maximum atomic E-state index is 12.0. The molecule has 1 aromatic carbocycles. The predicted molar refractivity (Wildman–Crippen MR) is 76.1 cm³/mol. The molecule has 0 aliphatic heterocycles. The summed E-state index contributed by atoms with van der Waals surface area (Å²) < 4.78 is 0. The number of carbonyl (C=O) groups excluding carboxylic acids is 2. The fourth-order valence-electron chi connectivity index (χ4n) is 1.78. The molecule has 0 bridgehead atoms. The van der Waals surface area contributed by atoms with Gasteiger partial charge >= 0.3 is 0 Å². The van der Waals surface area contributed by atoms with Crippen LogP contribution in [0.25, 0.3) is 10.9 Å². The summed E-state index contributed by atoms with van der Waals surface area (Å²) in [5, 5.41) is 12.5. The van der Waals surface area contributed by atoms with Crippen LogP contribution >= 0.6 is 0 Å². The third-order valence-corrected chi connectivity index (χ3v) is 2.78. The van der Waals surface area contributed by atoms with Gasteiger partial charge in [0.05, 0.1) is 12.1 Å². The molecule has 106 valence electrons. The van der Waals surface area contributed by atoms with Crippen LogP contribution in [0.3, 0.4) is 0 Å². The number of fused-ring (bicyclic) bond motifs is 1. The van der Waals surface area contributed by atoms with Crippen molar-refractivity contribution in [3.63, 3.8) is 0 Å². The highest BCUT2D eigenvalue weighted by atomic mass is 16.2.